The molecule has 0 radical (unpaired) electrons. The molecule has 0 aliphatic rings. The molecular weight excluding hydrogens is 228 g/mol. The lowest BCUT2D eigenvalue weighted by molar-refractivity contribution is 0.451. The Labute approximate surface area is 95.1 Å². The zero-order chi connectivity index (χ0) is 11.5. The third-order valence-corrected chi connectivity index (χ3v) is 2.41. The molecule has 0 atom stereocenters. The molecule has 1 heterocycles. The molecule has 2 rings (SSSR count). The summed E-state index contributed by atoms with van der Waals surface area (Å²) in [4.78, 5) is 3.99. The molecule has 6 nitrogen and oxygen atoms in total. The van der Waals surface area contributed by atoms with Crippen LogP contribution in [0.15, 0.2) is 28.4 Å². The highest BCUT2D eigenvalue weighted by Gasteiger charge is 2.02. The van der Waals surface area contributed by atoms with Crippen molar-refractivity contribution >= 4 is 22.4 Å². The molecule has 0 saturated heterocycles. The minimum atomic E-state index is -0.134. The van der Waals surface area contributed by atoms with E-state index < -0.39 is 0 Å². The molecule has 2 N–H and O–H groups in total. The average molecular weight is 236 g/mol. The maximum Gasteiger partial charge on any atom is 0.249 e. The minimum Gasteiger partial charge on any atom is -0.508 e. The van der Waals surface area contributed by atoms with Crippen molar-refractivity contribution in [2.75, 3.05) is 0 Å². The molecule has 0 bridgehead atoms. The van der Waals surface area contributed by atoms with E-state index in [1.165, 1.54) is 18.2 Å². The van der Waals surface area contributed by atoms with Gasteiger partial charge in [0, 0.05) is 17.6 Å². The summed E-state index contributed by atoms with van der Waals surface area (Å²) in [6, 6.07) is 4.07. The number of azo groups is 1. The molecule has 0 unspecified atom stereocenters. The molecule has 1 aromatic heterocycles. The molecule has 7 heteroatoms. The Morgan fingerprint density at radius 1 is 1.25 bits per heavy atom. The van der Waals surface area contributed by atoms with Crippen molar-refractivity contribution in [3.8, 4) is 11.5 Å². The number of hydrogen-bond acceptors (Lipinski definition) is 7. The van der Waals surface area contributed by atoms with Crippen LogP contribution in [0.3, 0.4) is 0 Å². The Bertz CT molecular complexity index is 538. The number of phenolic OH excluding ortho intramolecular Hbond substituents is 2. The average Bonchev–Trinajstić information content (AvgIpc) is 2.63. The first kappa shape index (κ1) is 10.5. The maximum absolute atomic E-state index is 9.43. The maximum atomic E-state index is 9.43. The fraction of sp³-hybridized carbons (Fsp3) is 0.111. The van der Waals surface area contributed by atoms with Gasteiger partial charge in [-0.2, -0.15) is 4.37 Å². The fourth-order valence-corrected chi connectivity index (χ4v) is 1.52. The molecule has 0 aliphatic heterocycles. The standard InChI is InChI=1S/C9H8N4O2S/c1-5-10-9(16-13-5)12-11-7-3-2-6(14)4-8(7)15/h2-4,14-15H,1H3. The zero-order valence-corrected chi connectivity index (χ0v) is 9.14. The van der Waals surface area contributed by atoms with E-state index in [2.05, 4.69) is 19.6 Å². The fourth-order valence-electron chi connectivity index (χ4n) is 1.02. The van der Waals surface area contributed by atoms with Crippen LogP contribution in [-0.2, 0) is 0 Å². The first-order valence-electron chi connectivity index (χ1n) is 4.39. The molecule has 0 saturated carbocycles. The number of rotatable bonds is 2. The molecular formula is C9H8N4O2S. The predicted octanol–water partition coefficient (Wildman–Crippen LogP) is 2.67. The van der Waals surface area contributed by atoms with E-state index in [1.54, 1.807) is 6.92 Å². The van der Waals surface area contributed by atoms with Crippen molar-refractivity contribution in [1.82, 2.24) is 9.36 Å². The summed E-state index contributed by atoms with van der Waals surface area (Å²) in [7, 11) is 0. The van der Waals surface area contributed by atoms with Crippen molar-refractivity contribution in [1.29, 1.82) is 0 Å². The van der Waals surface area contributed by atoms with Crippen LogP contribution in [0, 0.1) is 6.92 Å². The number of aromatic hydroxyl groups is 2. The quantitative estimate of drug-likeness (QED) is 0.784. The van der Waals surface area contributed by atoms with Gasteiger partial charge in [-0.3, -0.25) is 0 Å². The lowest BCUT2D eigenvalue weighted by atomic mass is 10.3. The van der Waals surface area contributed by atoms with E-state index in [0.717, 1.165) is 11.5 Å². The van der Waals surface area contributed by atoms with Gasteiger partial charge in [0.1, 0.15) is 23.0 Å². The Morgan fingerprint density at radius 3 is 2.69 bits per heavy atom. The van der Waals surface area contributed by atoms with E-state index in [0.29, 0.717) is 11.0 Å². The molecule has 2 aromatic rings. The van der Waals surface area contributed by atoms with Crippen molar-refractivity contribution < 1.29 is 10.2 Å². The van der Waals surface area contributed by atoms with Crippen LogP contribution in [-0.4, -0.2) is 19.6 Å². The van der Waals surface area contributed by atoms with Crippen LogP contribution in [0.25, 0.3) is 0 Å². The van der Waals surface area contributed by atoms with E-state index in [4.69, 9.17) is 5.11 Å². The highest BCUT2D eigenvalue weighted by atomic mass is 32.1. The van der Waals surface area contributed by atoms with E-state index in [-0.39, 0.29) is 17.2 Å². The van der Waals surface area contributed by atoms with Gasteiger partial charge in [0.05, 0.1) is 0 Å². The molecule has 0 fully saturated rings. The summed E-state index contributed by atoms with van der Waals surface area (Å²) in [5.74, 6) is 0.474. The summed E-state index contributed by atoms with van der Waals surface area (Å²) in [5.41, 5.74) is 0.269. The second-order valence-corrected chi connectivity index (χ2v) is 3.73. The van der Waals surface area contributed by atoms with Gasteiger partial charge in [0.25, 0.3) is 0 Å². The van der Waals surface area contributed by atoms with Crippen LogP contribution in [0.1, 0.15) is 5.82 Å². The van der Waals surface area contributed by atoms with Gasteiger partial charge in [-0.1, -0.05) is 0 Å². The third-order valence-electron chi connectivity index (χ3n) is 1.72. The number of hydrogen-bond donors (Lipinski definition) is 2. The number of nitrogens with zero attached hydrogens (tertiary/aromatic N) is 4. The highest BCUT2D eigenvalue weighted by Crippen LogP contribution is 2.31. The van der Waals surface area contributed by atoms with Crippen molar-refractivity contribution in [3.63, 3.8) is 0 Å². The van der Waals surface area contributed by atoms with Crippen LogP contribution >= 0.6 is 11.5 Å². The van der Waals surface area contributed by atoms with Gasteiger partial charge in [0.15, 0.2) is 0 Å². The van der Waals surface area contributed by atoms with E-state index in [1.807, 2.05) is 0 Å². The molecule has 82 valence electrons. The largest absolute Gasteiger partial charge is 0.508 e. The Balaban J connectivity index is 2.23. The summed E-state index contributed by atoms with van der Waals surface area (Å²) in [6.07, 6.45) is 0. The van der Waals surface area contributed by atoms with Gasteiger partial charge < -0.3 is 10.2 Å². The molecule has 0 aliphatic carbocycles. The lowest BCUT2D eigenvalue weighted by Crippen LogP contribution is -1.70. The first-order valence-corrected chi connectivity index (χ1v) is 5.16. The van der Waals surface area contributed by atoms with Crippen LogP contribution in [0.5, 0.6) is 11.5 Å². The summed E-state index contributed by atoms with van der Waals surface area (Å²) < 4.78 is 3.94. The van der Waals surface area contributed by atoms with Gasteiger partial charge in [0.2, 0.25) is 5.13 Å². The predicted molar refractivity (Wildman–Crippen MR) is 58.6 cm³/mol. The molecule has 0 amide bonds. The number of phenols is 2. The van der Waals surface area contributed by atoms with Gasteiger partial charge >= 0.3 is 0 Å². The Kier molecular flexibility index (Phi) is 2.78. The zero-order valence-electron chi connectivity index (χ0n) is 8.32. The number of benzene rings is 1. The molecule has 16 heavy (non-hydrogen) atoms. The second kappa shape index (κ2) is 4.23. The smallest absolute Gasteiger partial charge is 0.249 e. The van der Waals surface area contributed by atoms with Crippen molar-refractivity contribution in [2.45, 2.75) is 6.92 Å². The van der Waals surface area contributed by atoms with Gasteiger partial charge in [-0.05, 0) is 19.1 Å². The van der Waals surface area contributed by atoms with Crippen LogP contribution in [0.4, 0.5) is 10.8 Å². The minimum absolute atomic E-state index is 0.0248. The monoisotopic (exact) mass is 236 g/mol. The summed E-state index contributed by atoms with van der Waals surface area (Å²) >= 11 is 1.13. The highest BCUT2D eigenvalue weighted by molar-refractivity contribution is 7.09. The molecule has 1 aromatic carbocycles. The summed E-state index contributed by atoms with van der Waals surface area (Å²) in [6.45, 7) is 1.76. The van der Waals surface area contributed by atoms with Crippen molar-refractivity contribution in [2.24, 2.45) is 10.2 Å². The topological polar surface area (TPSA) is 91.0 Å². The van der Waals surface area contributed by atoms with Gasteiger partial charge in [-0.15, -0.1) is 10.2 Å². The second-order valence-electron chi connectivity index (χ2n) is 3.00. The third kappa shape index (κ3) is 2.31. The van der Waals surface area contributed by atoms with Gasteiger partial charge in [-0.25, -0.2) is 4.98 Å². The first-order chi connectivity index (χ1) is 7.65. The molecule has 0 spiro atoms. The summed E-state index contributed by atoms with van der Waals surface area (Å²) in [5, 5.41) is 26.5. The lowest BCUT2D eigenvalue weighted by Gasteiger charge is -1.96. The van der Waals surface area contributed by atoms with E-state index in [9.17, 15) is 5.11 Å². The van der Waals surface area contributed by atoms with Crippen LogP contribution in [0.2, 0.25) is 0 Å². The normalized spacial score (nSPS) is 11.1. The number of aryl methyl sites for hydroxylation is 1. The van der Waals surface area contributed by atoms with Crippen molar-refractivity contribution in [3.05, 3.63) is 24.0 Å². The number of aromatic nitrogens is 2. The van der Waals surface area contributed by atoms with E-state index >= 15 is 0 Å². The van der Waals surface area contributed by atoms with Crippen LogP contribution < -0.4 is 0 Å². The SMILES string of the molecule is Cc1nsc(N=Nc2ccc(O)cc2O)n1. The Hall–Kier alpha value is -2.02. The Morgan fingerprint density at radius 2 is 2.06 bits per heavy atom.